The molecule has 0 aromatic heterocycles. The average Bonchev–Trinajstić information content (AvgIpc) is 2.11. The van der Waals surface area contributed by atoms with Gasteiger partial charge in [0.15, 0.2) is 0 Å². The first-order valence-electron chi connectivity index (χ1n) is 5.85. The lowest BCUT2D eigenvalue weighted by Crippen LogP contribution is -2.42. The fraction of sp³-hybridized carbons (Fsp3) is 1.00. The molecular formula is C12H24O2. The highest BCUT2D eigenvalue weighted by Gasteiger charge is 2.38. The SMILES string of the molecule is CCC(C)CC(O)CC1(OC)CCC1. The van der Waals surface area contributed by atoms with Crippen LogP contribution < -0.4 is 0 Å². The number of ether oxygens (including phenoxy) is 1. The monoisotopic (exact) mass is 200 g/mol. The van der Waals surface area contributed by atoms with Gasteiger partial charge in [0.05, 0.1) is 11.7 Å². The first kappa shape index (κ1) is 12.0. The number of rotatable bonds is 6. The molecule has 1 rings (SSSR count). The van der Waals surface area contributed by atoms with Crippen molar-refractivity contribution in [3.8, 4) is 0 Å². The van der Waals surface area contributed by atoms with Gasteiger partial charge in [-0.05, 0) is 31.6 Å². The second-order valence-corrected chi connectivity index (χ2v) is 4.85. The van der Waals surface area contributed by atoms with Crippen molar-refractivity contribution in [3.63, 3.8) is 0 Å². The molecule has 2 atom stereocenters. The van der Waals surface area contributed by atoms with Gasteiger partial charge in [-0.25, -0.2) is 0 Å². The molecule has 0 aromatic carbocycles. The minimum atomic E-state index is -0.176. The highest BCUT2D eigenvalue weighted by molar-refractivity contribution is 4.91. The molecule has 0 bridgehead atoms. The lowest BCUT2D eigenvalue weighted by molar-refractivity contribution is -0.101. The van der Waals surface area contributed by atoms with Gasteiger partial charge in [0.2, 0.25) is 0 Å². The van der Waals surface area contributed by atoms with Crippen LogP contribution in [0.15, 0.2) is 0 Å². The largest absolute Gasteiger partial charge is 0.393 e. The van der Waals surface area contributed by atoms with Crippen LogP contribution in [0.5, 0.6) is 0 Å². The molecule has 0 saturated heterocycles. The molecule has 1 fully saturated rings. The molecule has 0 heterocycles. The normalized spacial score (nSPS) is 24.0. The van der Waals surface area contributed by atoms with Crippen molar-refractivity contribution in [2.45, 2.75) is 64.1 Å². The standard InChI is InChI=1S/C12H24O2/c1-4-10(2)8-11(13)9-12(14-3)6-5-7-12/h10-11,13H,4-9H2,1-3H3. The van der Waals surface area contributed by atoms with Crippen molar-refractivity contribution in [2.24, 2.45) is 5.92 Å². The van der Waals surface area contributed by atoms with Crippen LogP contribution in [-0.4, -0.2) is 23.9 Å². The van der Waals surface area contributed by atoms with E-state index in [4.69, 9.17) is 4.74 Å². The van der Waals surface area contributed by atoms with Gasteiger partial charge in [-0.15, -0.1) is 0 Å². The summed E-state index contributed by atoms with van der Waals surface area (Å²) in [6, 6.07) is 0. The summed E-state index contributed by atoms with van der Waals surface area (Å²) in [4.78, 5) is 0. The summed E-state index contributed by atoms with van der Waals surface area (Å²) in [6.45, 7) is 4.37. The third kappa shape index (κ3) is 2.96. The Morgan fingerprint density at radius 3 is 2.43 bits per heavy atom. The Morgan fingerprint density at radius 2 is 2.07 bits per heavy atom. The second kappa shape index (κ2) is 5.13. The molecule has 0 aliphatic heterocycles. The lowest BCUT2D eigenvalue weighted by Gasteiger charge is -2.42. The van der Waals surface area contributed by atoms with Crippen molar-refractivity contribution in [2.75, 3.05) is 7.11 Å². The van der Waals surface area contributed by atoms with Crippen LogP contribution in [0.1, 0.15) is 52.4 Å². The summed E-state index contributed by atoms with van der Waals surface area (Å²) in [7, 11) is 1.77. The fourth-order valence-electron chi connectivity index (χ4n) is 2.21. The number of aliphatic hydroxyl groups excluding tert-OH is 1. The van der Waals surface area contributed by atoms with E-state index in [-0.39, 0.29) is 11.7 Å². The van der Waals surface area contributed by atoms with Crippen LogP contribution in [0.4, 0.5) is 0 Å². The highest BCUT2D eigenvalue weighted by Crippen LogP contribution is 2.39. The average molecular weight is 200 g/mol. The van der Waals surface area contributed by atoms with Crippen molar-refractivity contribution < 1.29 is 9.84 Å². The Hall–Kier alpha value is -0.0800. The third-order valence-electron chi connectivity index (χ3n) is 3.68. The maximum atomic E-state index is 9.90. The zero-order chi connectivity index (χ0) is 10.6. The summed E-state index contributed by atoms with van der Waals surface area (Å²) >= 11 is 0. The molecular weight excluding hydrogens is 176 g/mol. The second-order valence-electron chi connectivity index (χ2n) is 4.85. The molecule has 84 valence electrons. The van der Waals surface area contributed by atoms with Gasteiger partial charge in [-0.3, -0.25) is 0 Å². The van der Waals surface area contributed by atoms with Gasteiger partial charge in [0.25, 0.3) is 0 Å². The first-order valence-corrected chi connectivity index (χ1v) is 5.85. The van der Waals surface area contributed by atoms with Gasteiger partial charge in [0.1, 0.15) is 0 Å². The van der Waals surface area contributed by atoms with Crippen LogP contribution in [-0.2, 0) is 4.74 Å². The zero-order valence-electron chi connectivity index (χ0n) is 9.75. The topological polar surface area (TPSA) is 29.5 Å². The van der Waals surface area contributed by atoms with Crippen LogP contribution in [0, 0.1) is 5.92 Å². The van der Waals surface area contributed by atoms with E-state index < -0.39 is 0 Å². The molecule has 2 nitrogen and oxygen atoms in total. The summed E-state index contributed by atoms with van der Waals surface area (Å²) < 4.78 is 5.50. The predicted octanol–water partition coefficient (Wildman–Crippen LogP) is 2.74. The molecule has 0 radical (unpaired) electrons. The Balaban J connectivity index is 2.28. The van der Waals surface area contributed by atoms with Gasteiger partial charge in [-0.1, -0.05) is 20.3 Å². The lowest BCUT2D eigenvalue weighted by atomic mass is 9.75. The maximum absolute atomic E-state index is 9.90. The minimum absolute atomic E-state index is 0.0207. The van der Waals surface area contributed by atoms with Crippen molar-refractivity contribution in [3.05, 3.63) is 0 Å². The third-order valence-corrected chi connectivity index (χ3v) is 3.68. The molecule has 1 saturated carbocycles. The van der Waals surface area contributed by atoms with Gasteiger partial charge >= 0.3 is 0 Å². The molecule has 2 unspecified atom stereocenters. The Bertz CT molecular complexity index is 158. The fourth-order valence-corrected chi connectivity index (χ4v) is 2.21. The number of aliphatic hydroxyl groups is 1. The van der Waals surface area contributed by atoms with E-state index in [1.54, 1.807) is 7.11 Å². The first-order chi connectivity index (χ1) is 6.62. The molecule has 0 aromatic rings. The predicted molar refractivity (Wildman–Crippen MR) is 58.3 cm³/mol. The van der Waals surface area contributed by atoms with Crippen molar-refractivity contribution >= 4 is 0 Å². The quantitative estimate of drug-likeness (QED) is 0.714. The summed E-state index contributed by atoms with van der Waals surface area (Å²) in [5.41, 5.74) is 0.0207. The van der Waals surface area contributed by atoms with Gasteiger partial charge < -0.3 is 9.84 Å². The molecule has 0 spiro atoms. The summed E-state index contributed by atoms with van der Waals surface area (Å²) in [6.07, 6.45) is 6.23. The summed E-state index contributed by atoms with van der Waals surface area (Å²) in [5, 5.41) is 9.90. The minimum Gasteiger partial charge on any atom is -0.393 e. The van der Waals surface area contributed by atoms with E-state index in [0.29, 0.717) is 5.92 Å². The Labute approximate surface area is 87.7 Å². The number of methoxy groups -OCH3 is 1. The zero-order valence-corrected chi connectivity index (χ0v) is 9.75. The van der Waals surface area contributed by atoms with E-state index in [2.05, 4.69) is 13.8 Å². The van der Waals surface area contributed by atoms with Crippen molar-refractivity contribution in [1.82, 2.24) is 0 Å². The van der Waals surface area contributed by atoms with Crippen LogP contribution in [0.3, 0.4) is 0 Å². The molecule has 14 heavy (non-hydrogen) atoms. The molecule has 1 aliphatic rings. The van der Waals surface area contributed by atoms with E-state index in [1.807, 2.05) is 0 Å². The Kier molecular flexibility index (Phi) is 4.39. The smallest absolute Gasteiger partial charge is 0.0703 e. The molecule has 1 aliphatic carbocycles. The highest BCUT2D eigenvalue weighted by atomic mass is 16.5. The van der Waals surface area contributed by atoms with E-state index in [9.17, 15) is 5.11 Å². The van der Waals surface area contributed by atoms with Gasteiger partial charge in [-0.2, -0.15) is 0 Å². The van der Waals surface area contributed by atoms with Gasteiger partial charge in [0, 0.05) is 13.5 Å². The van der Waals surface area contributed by atoms with Crippen LogP contribution >= 0.6 is 0 Å². The van der Waals surface area contributed by atoms with E-state index in [0.717, 1.165) is 32.1 Å². The molecule has 0 amide bonds. The number of hydrogen-bond acceptors (Lipinski definition) is 2. The molecule has 1 N–H and O–H groups in total. The summed E-state index contributed by atoms with van der Waals surface area (Å²) in [5.74, 6) is 0.624. The number of hydrogen-bond donors (Lipinski definition) is 1. The Morgan fingerprint density at radius 1 is 1.43 bits per heavy atom. The van der Waals surface area contributed by atoms with Crippen LogP contribution in [0.25, 0.3) is 0 Å². The van der Waals surface area contributed by atoms with E-state index >= 15 is 0 Å². The maximum Gasteiger partial charge on any atom is 0.0703 e. The van der Waals surface area contributed by atoms with Crippen molar-refractivity contribution in [1.29, 1.82) is 0 Å². The molecule has 2 heteroatoms. The van der Waals surface area contributed by atoms with Crippen LogP contribution in [0.2, 0.25) is 0 Å². The van der Waals surface area contributed by atoms with E-state index in [1.165, 1.54) is 6.42 Å².